The number of nitrogens with one attached hydrogen (secondary N) is 1. The number of hydrogen-bond donors (Lipinski definition) is 1. The van der Waals surface area contributed by atoms with Crippen LogP contribution in [0.4, 0.5) is 5.82 Å². The van der Waals surface area contributed by atoms with Gasteiger partial charge < -0.3 is 15.0 Å². The number of likely N-dealkylation sites (N-methyl/N-ethyl adjacent to an activating group) is 1. The fraction of sp³-hybridized carbons (Fsp3) is 0.667. The van der Waals surface area contributed by atoms with Crippen LogP contribution in [-0.4, -0.2) is 49.2 Å². The predicted molar refractivity (Wildman–Crippen MR) is 67.6 cm³/mol. The van der Waals surface area contributed by atoms with Crippen molar-refractivity contribution in [2.45, 2.75) is 18.8 Å². The first kappa shape index (κ1) is 12.1. The lowest BCUT2D eigenvalue weighted by Crippen LogP contribution is -2.20. The lowest BCUT2D eigenvalue weighted by molar-refractivity contribution is 0.253. The number of rotatable bonds is 6. The van der Waals surface area contributed by atoms with Gasteiger partial charge in [0, 0.05) is 25.6 Å². The molecule has 1 aliphatic rings. The number of hydrogen-bond acceptors (Lipinski definition) is 5. The molecule has 0 saturated heterocycles. The van der Waals surface area contributed by atoms with Crippen molar-refractivity contribution in [2.75, 3.05) is 39.6 Å². The van der Waals surface area contributed by atoms with E-state index in [1.165, 1.54) is 12.8 Å². The van der Waals surface area contributed by atoms with E-state index >= 15 is 0 Å². The maximum Gasteiger partial charge on any atom is 0.218 e. The summed E-state index contributed by atoms with van der Waals surface area (Å²) in [5, 5.41) is 3.05. The van der Waals surface area contributed by atoms with Gasteiger partial charge in [0.15, 0.2) is 0 Å². The van der Waals surface area contributed by atoms with E-state index in [1.807, 2.05) is 27.2 Å². The summed E-state index contributed by atoms with van der Waals surface area (Å²) in [6.45, 7) is 1.54. The largest absolute Gasteiger partial charge is 0.476 e. The first-order valence-electron chi connectivity index (χ1n) is 6.03. The highest BCUT2D eigenvalue weighted by Gasteiger charge is 2.27. The van der Waals surface area contributed by atoms with Gasteiger partial charge in [0.2, 0.25) is 5.88 Å². The van der Waals surface area contributed by atoms with E-state index in [-0.39, 0.29) is 0 Å². The van der Waals surface area contributed by atoms with Crippen LogP contribution in [0.3, 0.4) is 0 Å². The van der Waals surface area contributed by atoms with Crippen LogP contribution in [0.25, 0.3) is 0 Å². The Labute approximate surface area is 102 Å². The van der Waals surface area contributed by atoms with Crippen LogP contribution >= 0.6 is 0 Å². The average molecular weight is 236 g/mol. The molecule has 1 aromatic heterocycles. The number of anilines is 1. The van der Waals surface area contributed by atoms with E-state index < -0.39 is 0 Å². The Hall–Kier alpha value is -1.36. The molecule has 5 nitrogen and oxygen atoms in total. The van der Waals surface area contributed by atoms with Crippen LogP contribution in [0.15, 0.2) is 6.07 Å². The quantitative estimate of drug-likeness (QED) is 0.807. The minimum Gasteiger partial charge on any atom is -0.476 e. The number of aromatic nitrogens is 2. The SMILES string of the molecule is CNc1cc(OCCN(C)C)nc(C2CC2)n1. The number of nitrogens with zero attached hydrogens (tertiary/aromatic N) is 3. The zero-order valence-electron chi connectivity index (χ0n) is 10.7. The van der Waals surface area contributed by atoms with E-state index in [2.05, 4.69) is 20.2 Å². The molecule has 1 aliphatic carbocycles. The fourth-order valence-corrected chi connectivity index (χ4v) is 1.50. The van der Waals surface area contributed by atoms with Crippen molar-refractivity contribution < 1.29 is 4.74 Å². The summed E-state index contributed by atoms with van der Waals surface area (Å²) in [5.41, 5.74) is 0. The van der Waals surface area contributed by atoms with Crippen LogP contribution in [0.2, 0.25) is 0 Å². The van der Waals surface area contributed by atoms with E-state index in [4.69, 9.17) is 4.74 Å². The lowest BCUT2D eigenvalue weighted by atomic mass is 10.4. The monoisotopic (exact) mass is 236 g/mol. The Kier molecular flexibility index (Phi) is 3.78. The van der Waals surface area contributed by atoms with Crippen molar-refractivity contribution in [3.05, 3.63) is 11.9 Å². The zero-order chi connectivity index (χ0) is 12.3. The molecule has 0 aliphatic heterocycles. The van der Waals surface area contributed by atoms with E-state index in [9.17, 15) is 0 Å². The Morgan fingerprint density at radius 3 is 2.76 bits per heavy atom. The van der Waals surface area contributed by atoms with Gasteiger partial charge in [-0.25, -0.2) is 4.98 Å². The normalized spacial score (nSPS) is 15.1. The minimum atomic E-state index is 0.541. The van der Waals surface area contributed by atoms with Crippen molar-refractivity contribution >= 4 is 5.82 Å². The van der Waals surface area contributed by atoms with Gasteiger partial charge >= 0.3 is 0 Å². The fourth-order valence-electron chi connectivity index (χ4n) is 1.50. The first-order valence-corrected chi connectivity index (χ1v) is 6.03. The van der Waals surface area contributed by atoms with E-state index in [0.29, 0.717) is 18.4 Å². The van der Waals surface area contributed by atoms with Crippen molar-refractivity contribution in [3.8, 4) is 5.88 Å². The summed E-state index contributed by atoms with van der Waals surface area (Å²) in [7, 11) is 5.92. The lowest BCUT2D eigenvalue weighted by Gasteiger charge is -2.11. The predicted octanol–water partition coefficient (Wildman–Crippen LogP) is 1.34. The summed E-state index contributed by atoms with van der Waals surface area (Å²) >= 11 is 0. The summed E-state index contributed by atoms with van der Waals surface area (Å²) in [6, 6.07) is 1.85. The van der Waals surface area contributed by atoms with E-state index in [0.717, 1.165) is 18.2 Å². The van der Waals surface area contributed by atoms with Gasteiger partial charge in [0.05, 0.1) is 0 Å². The van der Waals surface area contributed by atoms with Crippen LogP contribution in [0, 0.1) is 0 Å². The standard InChI is InChI=1S/C12H20N4O/c1-13-10-8-11(17-7-6-16(2)3)15-12(14-10)9-4-5-9/h8-9H,4-7H2,1-3H3,(H,13,14,15). The van der Waals surface area contributed by atoms with Gasteiger partial charge in [-0.15, -0.1) is 0 Å². The smallest absolute Gasteiger partial charge is 0.218 e. The van der Waals surface area contributed by atoms with Crippen molar-refractivity contribution in [1.29, 1.82) is 0 Å². The molecule has 0 amide bonds. The van der Waals surface area contributed by atoms with Crippen LogP contribution in [-0.2, 0) is 0 Å². The molecule has 5 heteroatoms. The second-order valence-electron chi connectivity index (χ2n) is 4.63. The number of ether oxygens (including phenoxy) is 1. The molecule has 0 atom stereocenters. The Bertz CT molecular complexity index is 377. The molecule has 0 bridgehead atoms. The molecule has 0 unspecified atom stereocenters. The van der Waals surface area contributed by atoms with E-state index in [1.54, 1.807) is 0 Å². The summed E-state index contributed by atoms with van der Waals surface area (Å²) in [5.74, 6) is 2.96. The molecule has 1 fully saturated rings. The second-order valence-corrected chi connectivity index (χ2v) is 4.63. The molecular weight excluding hydrogens is 216 g/mol. The van der Waals surface area contributed by atoms with Crippen LogP contribution < -0.4 is 10.1 Å². The van der Waals surface area contributed by atoms with Crippen molar-refractivity contribution in [1.82, 2.24) is 14.9 Å². The molecule has 0 aromatic carbocycles. The third-order valence-electron chi connectivity index (χ3n) is 2.71. The topological polar surface area (TPSA) is 50.3 Å². The van der Waals surface area contributed by atoms with Gasteiger partial charge in [-0.2, -0.15) is 4.98 Å². The summed E-state index contributed by atoms with van der Waals surface area (Å²) in [4.78, 5) is 11.0. The molecule has 94 valence electrons. The molecule has 17 heavy (non-hydrogen) atoms. The highest BCUT2D eigenvalue weighted by Crippen LogP contribution is 2.39. The first-order chi connectivity index (χ1) is 8.19. The van der Waals surface area contributed by atoms with Gasteiger partial charge in [-0.1, -0.05) is 0 Å². The molecule has 2 rings (SSSR count). The molecular formula is C12H20N4O. The van der Waals surface area contributed by atoms with Gasteiger partial charge in [-0.05, 0) is 26.9 Å². The molecule has 0 spiro atoms. The van der Waals surface area contributed by atoms with Crippen molar-refractivity contribution in [3.63, 3.8) is 0 Å². The maximum absolute atomic E-state index is 5.65. The van der Waals surface area contributed by atoms with Gasteiger partial charge in [0.1, 0.15) is 18.2 Å². The van der Waals surface area contributed by atoms with Gasteiger partial charge in [0.25, 0.3) is 0 Å². The zero-order valence-corrected chi connectivity index (χ0v) is 10.7. The van der Waals surface area contributed by atoms with Crippen LogP contribution in [0.5, 0.6) is 5.88 Å². The summed E-state index contributed by atoms with van der Waals surface area (Å²) in [6.07, 6.45) is 2.40. The molecule has 1 aromatic rings. The molecule has 1 saturated carbocycles. The maximum atomic E-state index is 5.65. The molecule has 1 heterocycles. The van der Waals surface area contributed by atoms with Gasteiger partial charge in [-0.3, -0.25) is 0 Å². The minimum absolute atomic E-state index is 0.541. The average Bonchev–Trinajstić information content (AvgIpc) is 3.12. The highest BCUT2D eigenvalue weighted by atomic mass is 16.5. The van der Waals surface area contributed by atoms with Crippen molar-refractivity contribution in [2.24, 2.45) is 0 Å². The second kappa shape index (κ2) is 5.31. The third-order valence-corrected chi connectivity index (χ3v) is 2.71. The molecule has 0 radical (unpaired) electrons. The Morgan fingerprint density at radius 1 is 1.41 bits per heavy atom. The Morgan fingerprint density at radius 2 is 2.18 bits per heavy atom. The molecule has 1 N–H and O–H groups in total. The summed E-state index contributed by atoms with van der Waals surface area (Å²) < 4.78 is 5.65. The Balaban J connectivity index is 2.01. The van der Waals surface area contributed by atoms with Crippen LogP contribution in [0.1, 0.15) is 24.6 Å². The third kappa shape index (κ3) is 3.56. The highest BCUT2D eigenvalue weighted by molar-refractivity contribution is 5.38.